The minimum atomic E-state index is -4.50. The lowest BCUT2D eigenvalue weighted by Crippen LogP contribution is -2.20. The van der Waals surface area contributed by atoms with Crippen LogP contribution in [0.25, 0.3) is 16.7 Å². The van der Waals surface area contributed by atoms with E-state index in [1.807, 2.05) is 31.2 Å². The lowest BCUT2D eigenvalue weighted by Gasteiger charge is -2.15. The predicted molar refractivity (Wildman–Crippen MR) is 107 cm³/mol. The number of pyridine rings is 2. The predicted octanol–water partition coefficient (Wildman–Crippen LogP) is 5.46. The molecular formula is C22H16F3N3O. The maximum Gasteiger partial charge on any atom is 0.416 e. The Bertz CT molecular complexity index is 1260. The molecule has 4 nitrogen and oxygen atoms in total. The Morgan fingerprint density at radius 3 is 2.52 bits per heavy atom. The monoisotopic (exact) mass is 395 g/mol. The van der Waals surface area contributed by atoms with Crippen LogP contribution >= 0.6 is 0 Å². The van der Waals surface area contributed by atoms with Gasteiger partial charge >= 0.3 is 6.18 Å². The average molecular weight is 395 g/mol. The number of rotatable bonds is 3. The summed E-state index contributed by atoms with van der Waals surface area (Å²) in [6.45, 7) is 1.95. The lowest BCUT2D eigenvalue weighted by molar-refractivity contribution is -0.137. The van der Waals surface area contributed by atoms with Crippen molar-refractivity contribution in [1.82, 2.24) is 9.55 Å². The van der Waals surface area contributed by atoms with Crippen LogP contribution in [0.5, 0.6) is 0 Å². The molecule has 0 saturated carbocycles. The summed E-state index contributed by atoms with van der Waals surface area (Å²) in [5.74, 6) is 0. The van der Waals surface area contributed by atoms with Gasteiger partial charge in [0.25, 0.3) is 5.56 Å². The van der Waals surface area contributed by atoms with E-state index in [0.29, 0.717) is 11.1 Å². The lowest BCUT2D eigenvalue weighted by atomic mass is 10.1. The van der Waals surface area contributed by atoms with Gasteiger partial charge in [-0.25, -0.2) is 4.98 Å². The number of nitrogens with one attached hydrogen (secondary N) is 1. The van der Waals surface area contributed by atoms with E-state index in [4.69, 9.17) is 0 Å². The van der Waals surface area contributed by atoms with Gasteiger partial charge in [0.05, 0.1) is 16.9 Å². The zero-order valence-corrected chi connectivity index (χ0v) is 15.4. The quantitative estimate of drug-likeness (QED) is 0.501. The maximum absolute atomic E-state index is 13.1. The van der Waals surface area contributed by atoms with E-state index in [1.54, 1.807) is 12.1 Å². The van der Waals surface area contributed by atoms with Crippen molar-refractivity contribution in [3.8, 4) is 5.69 Å². The van der Waals surface area contributed by atoms with Crippen LogP contribution in [0.15, 0.2) is 77.7 Å². The molecule has 0 aliphatic carbocycles. The molecule has 2 aromatic carbocycles. The first-order chi connectivity index (χ1) is 13.8. The van der Waals surface area contributed by atoms with Gasteiger partial charge in [-0.05, 0) is 55.0 Å². The van der Waals surface area contributed by atoms with Crippen molar-refractivity contribution in [3.63, 3.8) is 0 Å². The van der Waals surface area contributed by atoms with Crippen LogP contribution in [0.2, 0.25) is 0 Å². The average Bonchev–Trinajstić information content (AvgIpc) is 2.68. The molecule has 0 atom stereocenters. The number of benzene rings is 2. The molecule has 0 bridgehead atoms. The van der Waals surface area contributed by atoms with Gasteiger partial charge in [0, 0.05) is 23.3 Å². The van der Waals surface area contributed by atoms with Crippen LogP contribution in [-0.2, 0) is 6.18 Å². The summed E-state index contributed by atoms with van der Waals surface area (Å²) >= 11 is 0. The molecular weight excluding hydrogens is 379 g/mol. The zero-order valence-electron chi connectivity index (χ0n) is 15.4. The third kappa shape index (κ3) is 3.71. The highest BCUT2D eigenvalue weighted by molar-refractivity contribution is 5.91. The minimum absolute atomic E-state index is 0.107. The van der Waals surface area contributed by atoms with E-state index < -0.39 is 17.3 Å². The SMILES string of the molecule is Cc1cccc(Nc2cc(=O)n(-c3cccc(C(F)(F)F)c3)c3ncccc23)c1. The first-order valence-electron chi connectivity index (χ1n) is 8.85. The Morgan fingerprint density at radius 1 is 0.966 bits per heavy atom. The standard InChI is InChI=1S/C22H16F3N3O/c1-14-5-2-7-16(11-14)27-19-13-20(29)28(21-18(19)9-4-10-26-21)17-8-3-6-15(12-17)22(23,24)25/h2-13,27H,1H3. The molecule has 0 radical (unpaired) electrons. The van der Waals surface area contributed by atoms with E-state index in [1.165, 1.54) is 29.0 Å². The topological polar surface area (TPSA) is 46.9 Å². The van der Waals surface area contributed by atoms with Gasteiger partial charge in [0.2, 0.25) is 0 Å². The summed E-state index contributed by atoms with van der Waals surface area (Å²) in [7, 11) is 0. The molecule has 0 spiro atoms. The number of nitrogens with zero attached hydrogens (tertiary/aromatic N) is 2. The number of hydrogen-bond acceptors (Lipinski definition) is 3. The van der Waals surface area contributed by atoms with E-state index in [0.717, 1.165) is 23.4 Å². The first-order valence-corrected chi connectivity index (χ1v) is 8.85. The number of fused-ring (bicyclic) bond motifs is 1. The zero-order chi connectivity index (χ0) is 20.6. The van der Waals surface area contributed by atoms with Gasteiger partial charge < -0.3 is 5.32 Å². The Morgan fingerprint density at radius 2 is 1.76 bits per heavy atom. The fraction of sp³-hybridized carbons (Fsp3) is 0.0909. The van der Waals surface area contributed by atoms with Gasteiger partial charge in [-0.15, -0.1) is 0 Å². The van der Waals surface area contributed by atoms with Crippen molar-refractivity contribution >= 4 is 22.4 Å². The highest BCUT2D eigenvalue weighted by Crippen LogP contribution is 2.31. The van der Waals surface area contributed by atoms with Crippen molar-refractivity contribution < 1.29 is 13.2 Å². The van der Waals surface area contributed by atoms with Gasteiger partial charge in [-0.2, -0.15) is 13.2 Å². The Labute approximate surface area is 164 Å². The summed E-state index contributed by atoms with van der Waals surface area (Å²) < 4.78 is 40.6. The Balaban J connectivity index is 1.90. The molecule has 0 unspecified atom stereocenters. The minimum Gasteiger partial charge on any atom is -0.355 e. The van der Waals surface area contributed by atoms with Crippen molar-refractivity contribution in [2.24, 2.45) is 0 Å². The molecule has 0 amide bonds. The summed E-state index contributed by atoms with van der Waals surface area (Å²) in [5.41, 5.74) is 1.46. The molecule has 2 heterocycles. The van der Waals surface area contributed by atoms with E-state index in [9.17, 15) is 18.0 Å². The van der Waals surface area contributed by atoms with Crippen molar-refractivity contribution in [2.75, 3.05) is 5.32 Å². The number of halogens is 3. The van der Waals surface area contributed by atoms with Crippen LogP contribution in [0.4, 0.5) is 24.5 Å². The molecule has 0 aliphatic heterocycles. The second kappa shape index (κ2) is 7.09. The van der Waals surface area contributed by atoms with E-state index in [-0.39, 0.29) is 11.3 Å². The van der Waals surface area contributed by atoms with Gasteiger partial charge in [-0.3, -0.25) is 9.36 Å². The number of anilines is 2. The van der Waals surface area contributed by atoms with Crippen molar-refractivity contribution in [1.29, 1.82) is 0 Å². The first kappa shape index (κ1) is 18.7. The third-order valence-corrected chi connectivity index (χ3v) is 4.51. The number of hydrogen-bond donors (Lipinski definition) is 1. The fourth-order valence-corrected chi connectivity index (χ4v) is 3.21. The number of aryl methyl sites for hydroxylation is 1. The van der Waals surface area contributed by atoms with Crippen LogP contribution in [0.1, 0.15) is 11.1 Å². The highest BCUT2D eigenvalue weighted by atomic mass is 19.4. The summed E-state index contributed by atoms with van der Waals surface area (Å²) in [6.07, 6.45) is -3.00. The van der Waals surface area contributed by atoms with Gasteiger partial charge in [0.15, 0.2) is 0 Å². The van der Waals surface area contributed by atoms with E-state index >= 15 is 0 Å². The molecule has 0 fully saturated rings. The van der Waals surface area contributed by atoms with Crippen LogP contribution in [-0.4, -0.2) is 9.55 Å². The second-order valence-corrected chi connectivity index (χ2v) is 6.65. The Kier molecular flexibility index (Phi) is 4.58. The summed E-state index contributed by atoms with van der Waals surface area (Å²) in [4.78, 5) is 17.1. The van der Waals surface area contributed by atoms with Crippen LogP contribution < -0.4 is 10.9 Å². The molecule has 2 aromatic heterocycles. The molecule has 0 aliphatic rings. The maximum atomic E-state index is 13.1. The summed E-state index contributed by atoms with van der Waals surface area (Å²) in [6, 6.07) is 17.1. The van der Waals surface area contributed by atoms with Crippen LogP contribution in [0.3, 0.4) is 0 Å². The molecule has 146 valence electrons. The summed E-state index contributed by atoms with van der Waals surface area (Å²) in [5, 5.41) is 3.83. The Hall–Kier alpha value is -3.61. The van der Waals surface area contributed by atoms with Gasteiger partial charge in [-0.1, -0.05) is 18.2 Å². The molecule has 7 heteroatoms. The van der Waals surface area contributed by atoms with Crippen molar-refractivity contribution in [2.45, 2.75) is 13.1 Å². The van der Waals surface area contributed by atoms with Crippen molar-refractivity contribution in [3.05, 3.63) is 94.4 Å². The van der Waals surface area contributed by atoms with E-state index in [2.05, 4.69) is 10.3 Å². The van der Waals surface area contributed by atoms with Crippen LogP contribution in [0, 0.1) is 6.92 Å². The molecule has 29 heavy (non-hydrogen) atoms. The second-order valence-electron chi connectivity index (χ2n) is 6.65. The normalized spacial score (nSPS) is 11.6. The highest BCUT2D eigenvalue weighted by Gasteiger charge is 2.30. The molecule has 4 rings (SSSR count). The largest absolute Gasteiger partial charge is 0.416 e. The van der Waals surface area contributed by atoms with Gasteiger partial charge in [0.1, 0.15) is 5.65 Å². The number of aromatic nitrogens is 2. The fourth-order valence-electron chi connectivity index (χ4n) is 3.21. The number of alkyl halides is 3. The molecule has 0 saturated heterocycles. The molecule has 1 N–H and O–H groups in total. The molecule has 4 aromatic rings. The smallest absolute Gasteiger partial charge is 0.355 e. The third-order valence-electron chi connectivity index (χ3n) is 4.51.